The lowest BCUT2D eigenvalue weighted by Gasteiger charge is -2.26. The molecule has 17 heteroatoms. The number of nitrogens with zero attached hydrogens (tertiary/aromatic N) is 5. The van der Waals surface area contributed by atoms with Crippen molar-refractivity contribution < 1.29 is 26.3 Å². The molecule has 12 rings (SSSR count). The van der Waals surface area contributed by atoms with Crippen molar-refractivity contribution in [3.63, 3.8) is 0 Å². The zero-order valence-corrected chi connectivity index (χ0v) is 57.2. The maximum absolute atomic E-state index is 12.5. The Bertz CT molecular complexity index is 3460. The predicted molar refractivity (Wildman–Crippen MR) is 362 cm³/mol. The summed E-state index contributed by atoms with van der Waals surface area (Å²) in [5.41, 5.74) is 6.21. The monoisotopic (exact) mass is 1290 g/mol. The summed E-state index contributed by atoms with van der Waals surface area (Å²) in [7, 11) is 0. The van der Waals surface area contributed by atoms with Gasteiger partial charge in [-0.25, -0.2) is 19.9 Å². The van der Waals surface area contributed by atoms with Gasteiger partial charge in [-0.2, -0.15) is 26.3 Å². The van der Waals surface area contributed by atoms with Crippen molar-refractivity contribution in [3.8, 4) is 0 Å². The van der Waals surface area contributed by atoms with E-state index in [0.717, 1.165) is 55.2 Å². The fourth-order valence-electron chi connectivity index (χ4n) is 8.30. The van der Waals surface area contributed by atoms with Crippen LogP contribution in [0.25, 0.3) is 26.4 Å². The molecule has 6 aromatic heterocycles. The Kier molecular flexibility index (Phi) is 26.4. The molecule has 0 saturated heterocycles. The van der Waals surface area contributed by atoms with Crippen LogP contribution in [0.2, 0.25) is 0 Å². The molecule has 0 N–H and O–H groups in total. The lowest BCUT2D eigenvalue weighted by Crippen LogP contribution is -2.33. The molecule has 0 fully saturated rings. The van der Waals surface area contributed by atoms with Crippen molar-refractivity contribution >= 4 is 106 Å². The number of halogens is 6. The second-order valence-electron chi connectivity index (χ2n) is 23.6. The number of alkyl halides is 6. The molecule has 5 nitrogen and oxygen atoms in total. The van der Waals surface area contributed by atoms with Crippen molar-refractivity contribution in [3.05, 3.63) is 205 Å². The first-order chi connectivity index (χ1) is 40.1. The van der Waals surface area contributed by atoms with Gasteiger partial charge in [-0.15, -0.1) is 68.0 Å². The van der Waals surface area contributed by atoms with E-state index in [4.69, 9.17) is 0 Å². The van der Waals surface area contributed by atoms with Gasteiger partial charge >= 0.3 is 12.4 Å². The Morgan fingerprint density at radius 1 is 0.442 bits per heavy atom. The maximum Gasteiger partial charge on any atom is 0.394 e. The molecule has 1 aliphatic heterocycles. The lowest BCUT2D eigenvalue weighted by atomic mass is 9.88. The zero-order valence-electron chi connectivity index (χ0n) is 52.3. The summed E-state index contributed by atoms with van der Waals surface area (Å²) < 4.78 is 77.8. The summed E-state index contributed by atoms with van der Waals surface area (Å²) in [6.45, 7) is 29.9. The summed E-state index contributed by atoms with van der Waals surface area (Å²) in [5, 5.41) is 5.63. The highest BCUT2D eigenvalue weighted by atomic mass is 32.1. The van der Waals surface area contributed by atoms with Gasteiger partial charge in [0.05, 0.1) is 46.8 Å². The number of aromatic nitrogens is 4. The Balaban J connectivity index is 0.000000180. The number of fused-ring (bicyclic) bond motifs is 4. The van der Waals surface area contributed by atoms with E-state index in [1.807, 2.05) is 75.0 Å². The summed E-state index contributed by atoms with van der Waals surface area (Å²) in [5.74, 6) is 0. The van der Waals surface area contributed by atoms with Crippen molar-refractivity contribution in [2.24, 2.45) is 21.2 Å². The number of aryl methyl sites for hydroxylation is 9. The molecule has 0 spiro atoms. The van der Waals surface area contributed by atoms with Crippen molar-refractivity contribution in [1.82, 2.24) is 19.9 Å². The zero-order chi connectivity index (χ0) is 63.6. The lowest BCUT2D eigenvalue weighted by molar-refractivity contribution is -0.211. The van der Waals surface area contributed by atoms with Gasteiger partial charge in [-0.3, -0.25) is 4.99 Å². The molecule has 2 aliphatic rings. The van der Waals surface area contributed by atoms with Crippen LogP contribution in [-0.4, -0.2) is 38.5 Å². The normalized spacial score (nSPS) is 12.3. The summed E-state index contributed by atoms with van der Waals surface area (Å²) in [6, 6.07) is 35.5. The molecule has 7 heterocycles. The molecule has 0 atom stereocenters. The SMILES string of the molecule is Cc1cc2ccccc2s1.Cc1ccc(CC(C)(C)C(F)(F)F)s1.Cc1ccc2c(c1)C=CC2.Cc1ccc2c(c1)N=CC2.Cc1cnc(C)s1.Cc1nc2ccccc2s1.Cc1ncc(CC(C)(C)C(F)(F)F)s1.Cc1ncc(CC(C)(C)C)s1. The Hall–Kier alpha value is -5.69. The van der Waals surface area contributed by atoms with Gasteiger partial charge in [-0.1, -0.05) is 127 Å². The molecule has 0 bridgehead atoms. The third-order valence-electron chi connectivity index (χ3n) is 13.0. The van der Waals surface area contributed by atoms with Crippen molar-refractivity contribution in [1.29, 1.82) is 0 Å². The van der Waals surface area contributed by atoms with Crippen LogP contribution in [0.1, 0.15) is 126 Å². The molecular weight excluding hydrogens is 1210 g/mol. The van der Waals surface area contributed by atoms with E-state index < -0.39 is 23.2 Å². The second-order valence-corrected chi connectivity index (χ2v) is 31.6. The molecule has 460 valence electrons. The predicted octanol–water partition coefficient (Wildman–Crippen LogP) is 23.2. The van der Waals surface area contributed by atoms with Gasteiger partial charge in [0.1, 0.15) is 0 Å². The van der Waals surface area contributed by atoms with E-state index in [9.17, 15) is 26.3 Å². The number of allylic oxidation sites excluding steroid dienone is 1. The minimum absolute atomic E-state index is 0.00199. The van der Waals surface area contributed by atoms with E-state index >= 15 is 0 Å². The number of para-hydroxylation sites is 1. The third kappa shape index (κ3) is 24.1. The second kappa shape index (κ2) is 32.0. The smallest absolute Gasteiger partial charge is 0.261 e. The number of rotatable bonds is 5. The van der Waals surface area contributed by atoms with Crippen LogP contribution in [0.5, 0.6) is 0 Å². The summed E-state index contributed by atoms with van der Waals surface area (Å²) >= 11 is 9.88. The topological polar surface area (TPSA) is 63.9 Å². The Labute approximate surface area is 530 Å². The standard InChI is InChI=1S/C10H13F3S.C10H10.C9H12F3NS.C9H15NS.C9H9N.C9H8S.C8H7NS.C5H7NS/c1-7-4-5-8(14-7)6-9(2,3)10(11,12)13;1-8-5-6-9-3-2-4-10(9)7-8;1-6-13-5-7(14-6)4-8(2,3)9(10,11)12;1-7-10-6-8(11-7)5-9(2,3)4;1-7-2-3-8-4-5-10-9(8)6-7;1-7-6-8-4-2-3-5-9(8)10-7;1-6-9-7-4-2-3-5-8(7)10-6;1-4-3-6-5(2)7-4/h4-5H,6H2,1-3H3;2,4-7H,3H2,1H3;5H,4H2,1-3H3;6H,5H2,1-4H3;2-3,5-6H,4H2,1H3;2-6H,1H3;2-5H,1H3;3H,1-2H3. The average Bonchev–Trinajstić information content (AvgIpc) is 3.07. The Morgan fingerprint density at radius 3 is 1.50 bits per heavy atom. The largest absolute Gasteiger partial charge is 0.394 e. The van der Waals surface area contributed by atoms with Gasteiger partial charge in [0.25, 0.3) is 0 Å². The molecule has 86 heavy (non-hydrogen) atoms. The van der Waals surface area contributed by atoms with Gasteiger partial charge in [0, 0.05) is 65.2 Å². The first kappa shape index (κ1) is 71.1. The van der Waals surface area contributed by atoms with Crippen molar-refractivity contribution in [2.45, 2.75) is 155 Å². The molecule has 0 unspecified atom stereocenters. The number of thiophene rings is 2. The van der Waals surface area contributed by atoms with Gasteiger partial charge in [0.15, 0.2) is 0 Å². The van der Waals surface area contributed by atoms with E-state index in [0.29, 0.717) is 10.3 Å². The number of benzene rings is 4. The van der Waals surface area contributed by atoms with Crippen LogP contribution in [-0.2, 0) is 32.1 Å². The molecular formula is C69H81F6N5S6. The highest BCUT2D eigenvalue weighted by molar-refractivity contribution is 7.19. The first-order valence-corrected chi connectivity index (χ1v) is 33.1. The summed E-state index contributed by atoms with van der Waals surface area (Å²) in [6.07, 6.45) is 6.81. The van der Waals surface area contributed by atoms with Gasteiger partial charge in [0.2, 0.25) is 0 Å². The number of thiazole rings is 4. The fourth-order valence-corrected chi connectivity index (χ4v) is 14.0. The number of hydrogen-bond acceptors (Lipinski definition) is 11. The van der Waals surface area contributed by atoms with E-state index in [-0.39, 0.29) is 12.8 Å². The third-order valence-corrected chi connectivity index (χ3v) is 18.6. The quantitative estimate of drug-likeness (QED) is 0.161. The van der Waals surface area contributed by atoms with Gasteiger partial charge < -0.3 is 0 Å². The van der Waals surface area contributed by atoms with Crippen LogP contribution in [0.4, 0.5) is 32.0 Å². The minimum Gasteiger partial charge on any atom is -0.261 e. The van der Waals surface area contributed by atoms with Crippen LogP contribution >= 0.6 is 68.0 Å². The molecule has 1 aliphatic carbocycles. The molecule has 4 aromatic carbocycles. The van der Waals surface area contributed by atoms with E-state index in [1.54, 1.807) is 47.0 Å². The minimum atomic E-state index is -4.16. The Morgan fingerprint density at radius 2 is 0.988 bits per heavy atom. The summed E-state index contributed by atoms with van der Waals surface area (Å²) in [4.78, 5) is 27.4. The molecule has 0 amide bonds. The first-order valence-electron chi connectivity index (χ1n) is 28.2. The maximum atomic E-state index is 12.5. The molecule has 0 saturated carbocycles. The van der Waals surface area contributed by atoms with Crippen molar-refractivity contribution in [2.75, 3.05) is 0 Å². The van der Waals surface area contributed by atoms with Gasteiger partial charge in [-0.05, 0) is 164 Å². The van der Waals surface area contributed by atoms with Crippen LogP contribution in [0.3, 0.4) is 0 Å². The molecule has 0 radical (unpaired) electrons. The van der Waals surface area contributed by atoms with Crippen LogP contribution in [0, 0.1) is 78.6 Å². The average molecular weight is 1290 g/mol. The highest BCUT2D eigenvalue weighted by Gasteiger charge is 2.48. The highest BCUT2D eigenvalue weighted by Crippen LogP contribution is 2.42. The van der Waals surface area contributed by atoms with Crippen LogP contribution < -0.4 is 0 Å². The van der Waals surface area contributed by atoms with E-state index in [2.05, 4.69) is 165 Å². The number of hydrogen-bond donors (Lipinski definition) is 0. The van der Waals surface area contributed by atoms with Crippen LogP contribution in [0.15, 0.2) is 133 Å². The van der Waals surface area contributed by atoms with E-state index in [1.165, 1.54) is 119 Å². The number of aliphatic imine (C=N–C) groups is 1. The molecule has 10 aromatic rings. The fraction of sp³-hybridized carbons (Fsp3) is 0.377.